The van der Waals surface area contributed by atoms with E-state index in [9.17, 15) is 4.39 Å². The average Bonchev–Trinajstić information content (AvgIpc) is 2.68. The summed E-state index contributed by atoms with van der Waals surface area (Å²) in [6.45, 7) is 2.26. The first-order chi connectivity index (χ1) is 13.1. The van der Waals surface area contributed by atoms with Gasteiger partial charge in [-0.1, -0.05) is 69.0 Å². The van der Waals surface area contributed by atoms with Crippen LogP contribution in [-0.2, 0) is 0 Å². The van der Waals surface area contributed by atoms with Gasteiger partial charge in [0.1, 0.15) is 5.82 Å². The second-order valence-corrected chi connectivity index (χ2v) is 7.95. The first kappa shape index (κ1) is 20.1. The molecule has 144 valence electrons. The minimum atomic E-state index is -1.78. The Hall–Kier alpha value is -1.65. The van der Waals surface area contributed by atoms with E-state index in [1.54, 1.807) is 6.07 Å². The van der Waals surface area contributed by atoms with Crippen molar-refractivity contribution in [3.8, 4) is 11.1 Å². The first-order valence-electron chi connectivity index (χ1n) is 10.3. The monoisotopic (exact) mass is 368 g/mol. The number of rotatable bonds is 7. The molecular weight excluding hydrogens is 338 g/mol. The molecule has 0 amide bonds. The third-order valence-corrected chi connectivity index (χ3v) is 6.06. The summed E-state index contributed by atoms with van der Waals surface area (Å²) in [7, 11) is -1.78. The van der Waals surface area contributed by atoms with Gasteiger partial charge in [0.2, 0.25) is 0 Å². The minimum absolute atomic E-state index is 0.0916. The number of hydrogen-bond donors (Lipinski definition) is 2. The standard InChI is InChI=1S/C23H30BFO2/c1-2-3-4-5-17-6-8-18(9-7-17)19-10-12-20(13-11-19)21-14-15-22(24(26)27)23(25)16-21/h10-18,26-27H,2-9H2,1H3. The van der Waals surface area contributed by atoms with Gasteiger partial charge in [0.15, 0.2) is 0 Å². The van der Waals surface area contributed by atoms with Gasteiger partial charge in [0.25, 0.3) is 0 Å². The summed E-state index contributed by atoms with van der Waals surface area (Å²) in [5.74, 6) is 0.966. The van der Waals surface area contributed by atoms with Gasteiger partial charge in [-0.2, -0.15) is 0 Å². The zero-order chi connectivity index (χ0) is 19.2. The zero-order valence-electron chi connectivity index (χ0n) is 16.2. The fourth-order valence-corrected chi connectivity index (χ4v) is 4.33. The lowest BCUT2D eigenvalue weighted by molar-refractivity contribution is 0.303. The summed E-state index contributed by atoms with van der Waals surface area (Å²) in [6.07, 6.45) is 10.7. The predicted molar refractivity (Wildman–Crippen MR) is 111 cm³/mol. The van der Waals surface area contributed by atoms with E-state index in [0.29, 0.717) is 5.92 Å². The van der Waals surface area contributed by atoms with E-state index < -0.39 is 12.9 Å². The first-order valence-corrected chi connectivity index (χ1v) is 10.3. The molecule has 2 aromatic rings. The van der Waals surface area contributed by atoms with Crippen LogP contribution < -0.4 is 5.46 Å². The largest absolute Gasteiger partial charge is 0.491 e. The predicted octanol–water partition coefficient (Wildman–Crippen LogP) is 5.03. The molecule has 1 fully saturated rings. The lowest BCUT2D eigenvalue weighted by Crippen LogP contribution is -2.32. The lowest BCUT2D eigenvalue weighted by Gasteiger charge is -2.29. The van der Waals surface area contributed by atoms with Crippen LogP contribution in [0.4, 0.5) is 4.39 Å². The summed E-state index contributed by atoms with van der Waals surface area (Å²) >= 11 is 0. The zero-order valence-corrected chi connectivity index (χ0v) is 16.2. The average molecular weight is 368 g/mol. The van der Waals surface area contributed by atoms with Crippen molar-refractivity contribution in [1.82, 2.24) is 0 Å². The summed E-state index contributed by atoms with van der Waals surface area (Å²) < 4.78 is 14.0. The third-order valence-electron chi connectivity index (χ3n) is 6.06. The second kappa shape index (κ2) is 9.52. The van der Waals surface area contributed by atoms with Crippen molar-refractivity contribution in [2.75, 3.05) is 0 Å². The van der Waals surface area contributed by atoms with Crippen molar-refractivity contribution in [3.63, 3.8) is 0 Å². The Morgan fingerprint density at radius 3 is 2.19 bits per heavy atom. The SMILES string of the molecule is CCCCCC1CCC(c2ccc(-c3ccc(B(O)O)c(F)c3)cc2)CC1. The molecular formula is C23H30BFO2. The van der Waals surface area contributed by atoms with Gasteiger partial charge in [0, 0.05) is 5.46 Å². The van der Waals surface area contributed by atoms with E-state index in [1.165, 1.54) is 69.1 Å². The second-order valence-electron chi connectivity index (χ2n) is 7.95. The number of unbranched alkanes of at least 4 members (excludes halogenated alkanes) is 2. The molecule has 0 unspecified atom stereocenters. The Balaban J connectivity index is 1.60. The molecule has 0 spiro atoms. The molecule has 2 N–H and O–H groups in total. The Morgan fingerprint density at radius 2 is 1.59 bits per heavy atom. The molecule has 3 rings (SSSR count). The van der Waals surface area contributed by atoms with Crippen LogP contribution in [0.25, 0.3) is 11.1 Å². The molecule has 0 heterocycles. The van der Waals surface area contributed by atoms with Gasteiger partial charge in [0.05, 0.1) is 0 Å². The van der Waals surface area contributed by atoms with Gasteiger partial charge in [-0.25, -0.2) is 4.39 Å². The van der Waals surface area contributed by atoms with Crippen molar-refractivity contribution in [2.45, 2.75) is 64.2 Å². The highest BCUT2D eigenvalue weighted by atomic mass is 19.1. The van der Waals surface area contributed by atoms with E-state index in [2.05, 4.69) is 19.1 Å². The molecule has 0 radical (unpaired) electrons. The molecule has 2 aromatic carbocycles. The molecule has 2 nitrogen and oxygen atoms in total. The Bertz CT molecular complexity index is 722. The Kier molecular flexibility index (Phi) is 7.09. The molecule has 1 aliphatic rings. The van der Waals surface area contributed by atoms with Crippen molar-refractivity contribution in [1.29, 1.82) is 0 Å². The van der Waals surface area contributed by atoms with E-state index in [4.69, 9.17) is 10.0 Å². The maximum absolute atomic E-state index is 14.0. The van der Waals surface area contributed by atoms with Gasteiger partial charge in [-0.3, -0.25) is 0 Å². The molecule has 1 aliphatic carbocycles. The van der Waals surface area contributed by atoms with Crippen LogP contribution in [0.1, 0.15) is 69.8 Å². The van der Waals surface area contributed by atoms with E-state index in [0.717, 1.165) is 17.0 Å². The van der Waals surface area contributed by atoms with Crippen molar-refractivity contribution in [2.24, 2.45) is 5.92 Å². The summed E-state index contributed by atoms with van der Waals surface area (Å²) in [5.41, 5.74) is 2.99. The molecule has 0 bridgehead atoms. The molecule has 4 heteroatoms. The molecule has 1 saturated carbocycles. The highest BCUT2D eigenvalue weighted by Gasteiger charge is 2.22. The van der Waals surface area contributed by atoms with Crippen molar-refractivity contribution in [3.05, 3.63) is 53.8 Å². The minimum Gasteiger partial charge on any atom is -0.423 e. The fraction of sp³-hybridized carbons (Fsp3) is 0.478. The van der Waals surface area contributed by atoms with E-state index in [-0.39, 0.29) is 5.46 Å². The van der Waals surface area contributed by atoms with Gasteiger partial charge >= 0.3 is 7.12 Å². The molecule has 27 heavy (non-hydrogen) atoms. The van der Waals surface area contributed by atoms with E-state index in [1.807, 2.05) is 12.1 Å². The van der Waals surface area contributed by atoms with Gasteiger partial charge < -0.3 is 10.0 Å². The number of halogens is 1. The van der Waals surface area contributed by atoms with Gasteiger partial charge in [-0.05, 0) is 60.3 Å². The summed E-state index contributed by atoms with van der Waals surface area (Å²) in [6, 6.07) is 13.0. The Labute approximate surface area is 162 Å². The lowest BCUT2D eigenvalue weighted by atomic mass is 9.76. The Morgan fingerprint density at radius 1 is 0.926 bits per heavy atom. The highest BCUT2D eigenvalue weighted by molar-refractivity contribution is 6.58. The van der Waals surface area contributed by atoms with E-state index >= 15 is 0 Å². The number of hydrogen-bond acceptors (Lipinski definition) is 2. The quantitative estimate of drug-likeness (QED) is 0.532. The topological polar surface area (TPSA) is 40.5 Å². The smallest absolute Gasteiger partial charge is 0.423 e. The van der Waals surface area contributed by atoms with Gasteiger partial charge in [-0.15, -0.1) is 0 Å². The van der Waals surface area contributed by atoms with Crippen LogP contribution in [0, 0.1) is 11.7 Å². The maximum atomic E-state index is 14.0. The summed E-state index contributed by atoms with van der Waals surface area (Å²) in [4.78, 5) is 0. The van der Waals surface area contributed by atoms with Crippen LogP contribution in [0.5, 0.6) is 0 Å². The summed E-state index contributed by atoms with van der Waals surface area (Å²) in [5, 5.41) is 18.3. The molecule has 0 aliphatic heterocycles. The highest BCUT2D eigenvalue weighted by Crippen LogP contribution is 2.38. The molecule has 0 aromatic heterocycles. The van der Waals surface area contributed by atoms with Crippen LogP contribution in [0.3, 0.4) is 0 Å². The third kappa shape index (κ3) is 5.21. The van der Waals surface area contributed by atoms with Crippen LogP contribution in [0.2, 0.25) is 0 Å². The van der Waals surface area contributed by atoms with Crippen molar-refractivity contribution < 1.29 is 14.4 Å². The molecule has 0 atom stereocenters. The van der Waals surface area contributed by atoms with Crippen molar-refractivity contribution >= 4 is 12.6 Å². The van der Waals surface area contributed by atoms with Crippen LogP contribution in [0.15, 0.2) is 42.5 Å². The van der Waals surface area contributed by atoms with Crippen LogP contribution in [-0.4, -0.2) is 17.2 Å². The normalized spacial score (nSPS) is 19.9. The van der Waals surface area contributed by atoms with Crippen LogP contribution >= 0.6 is 0 Å². The maximum Gasteiger partial charge on any atom is 0.491 e. The fourth-order valence-electron chi connectivity index (χ4n) is 4.33. The number of benzene rings is 2. The molecule has 0 saturated heterocycles.